The Hall–Kier alpha value is -1.42. The molecule has 4 heteroatoms. The van der Waals surface area contributed by atoms with Crippen LogP contribution in [0.1, 0.15) is 50.8 Å². The molecule has 120 valence electrons. The Bertz CT molecular complexity index is 514. The summed E-state index contributed by atoms with van der Waals surface area (Å²) >= 11 is 0. The molecule has 22 heavy (non-hydrogen) atoms. The molecule has 2 heterocycles. The summed E-state index contributed by atoms with van der Waals surface area (Å²) in [6.45, 7) is 5.14. The van der Waals surface area contributed by atoms with Gasteiger partial charge in [-0.25, -0.2) is 0 Å². The molecule has 4 nitrogen and oxygen atoms in total. The van der Waals surface area contributed by atoms with Crippen LogP contribution in [0.3, 0.4) is 0 Å². The summed E-state index contributed by atoms with van der Waals surface area (Å²) in [7, 11) is 0. The van der Waals surface area contributed by atoms with Crippen LogP contribution in [0.4, 0.5) is 0 Å². The fourth-order valence-electron chi connectivity index (χ4n) is 3.80. The molecule has 0 bridgehead atoms. The lowest BCUT2D eigenvalue weighted by Gasteiger charge is -2.18. The van der Waals surface area contributed by atoms with Crippen LogP contribution in [-0.4, -0.2) is 29.0 Å². The quantitative estimate of drug-likeness (QED) is 0.839. The van der Waals surface area contributed by atoms with E-state index in [0.29, 0.717) is 6.04 Å². The summed E-state index contributed by atoms with van der Waals surface area (Å²) in [5.41, 5.74) is 2.64. The number of fused-ring (bicyclic) bond motifs is 1. The lowest BCUT2D eigenvalue weighted by Crippen LogP contribution is -2.35. The number of rotatable bonds is 4. The minimum absolute atomic E-state index is 0.0304. The molecular formula is C18H27N3O. The lowest BCUT2D eigenvalue weighted by molar-refractivity contribution is -0.122. The number of pyridine rings is 1. The van der Waals surface area contributed by atoms with Crippen molar-refractivity contribution in [1.29, 1.82) is 0 Å². The van der Waals surface area contributed by atoms with E-state index >= 15 is 0 Å². The van der Waals surface area contributed by atoms with Gasteiger partial charge in [0.15, 0.2) is 0 Å². The number of carbonyl (C=O) groups excluding carboxylic acids is 1. The van der Waals surface area contributed by atoms with Gasteiger partial charge >= 0.3 is 0 Å². The molecule has 2 aliphatic rings. The molecule has 0 aromatic carbocycles. The minimum Gasteiger partial charge on any atom is -0.351 e. The summed E-state index contributed by atoms with van der Waals surface area (Å²) in [5, 5.41) is 6.74. The number of aromatic nitrogens is 1. The first-order chi connectivity index (χ1) is 10.5. The SMILES string of the molecule is CC1(C)CC(CCNC2CCc3cccnc3CC2)C(=O)N1. The number of nitrogens with one attached hydrogen (secondary N) is 2. The monoisotopic (exact) mass is 301 g/mol. The summed E-state index contributed by atoms with van der Waals surface area (Å²) in [6.07, 6.45) is 8.27. The van der Waals surface area contributed by atoms with Crippen molar-refractivity contribution < 1.29 is 4.79 Å². The highest BCUT2D eigenvalue weighted by atomic mass is 16.2. The molecule has 1 fully saturated rings. The van der Waals surface area contributed by atoms with E-state index in [-0.39, 0.29) is 17.4 Å². The van der Waals surface area contributed by atoms with Gasteiger partial charge in [0.05, 0.1) is 0 Å². The van der Waals surface area contributed by atoms with Crippen molar-refractivity contribution >= 4 is 5.91 Å². The van der Waals surface area contributed by atoms with Crippen LogP contribution in [0.2, 0.25) is 0 Å². The van der Waals surface area contributed by atoms with Gasteiger partial charge in [-0.1, -0.05) is 6.07 Å². The highest BCUT2D eigenvalue weighted by Gasteiger charge is 2.36. The number of amides is 1. The van der Waals surface area contributed by atoms with Gasteiger partial charge in [0, 0.05) is 29.4 Å². The van der Waals surface area contributed by atoms with E-state index in [9.17, 15) is 4.79 Å². The topological polar surface area (TPSA) is 54.0 Å². The molecule has 1 aromatic heterocycles. The van der Waals surface area contributed by atoms with Gasteiger partial charge in [-0.2, -0.15) is 0 Å². The van der Waals surface area contributed by atoms with Crippen LogP contribution in [0.15, 0.2) is 18.3 Å². The molecule has 3 rings (SSSR count). The number of hydrogen-bond donors (Lipinski definition) is 2. The fraction of sp³-hybridized carbons (Fsp3) is 0.667. The second kappa shape index (κ2) is 6.37. The lowest BCUT2D eigenvalue weighted by atomic mass is 9.94. The molecule has 2 unspecified atom stereocenters. The zero-order valence-corrected chi connectivity index (χ0v) is 13.7. The maximum Gasteiger partial charge on any atom is 0.223 e. The summed E-state index contributed by atoms with van der Waals surface area (Å²) < 4.78 is 0. The number of hydrogen-bond acceptors (Lipinski definition) is 3. The van der Waals surface area contributed by atoms with Crippen LogP contribution in [0.25, 0.3) is 0 Å². The van der Waals surface area contributed by atoms with Gasteiger partial charge in [-0.05, 0) is 70.5 Å². The van der Waals surface area contributed by atoms with E-state index in [4.69, 9.17) is 0 Å². The second-order valence-electron chi connectivity index (χ2n) is 7.40. The van der Waals surface area contributed by atoms with Gasteiger partial charge in [-0.3, -0.25) is 9.78 Å². The van der Waals surface area contributed by atoms with E-state index in [2.05, 4.69) is 35.5 Å². The molecule has 2 N–H and O–H groups in total. The Labute approximate surface area is 133 Å². The molecule has 1 aliphatic carbocycles. The smallest absolute Gasteiger partial charge is 0.223 e. The first kappa shape index (κ1) is 15.5. The predicted molar refractivity (Wildman–Crippen MR) is 87.6 cm³/mol. The van der Waals surface area contributed by atoms with Gasteiger partial charge in [0.2, 0.25) is 5.91 Å². The first-order valence-corrected chi connectivity index (χ1v) is 8.52. The third-order valence-electron chi connectivity index (χ3n) is 4.99. The van der Waals surface area contributed by atoms with Crippen LogP contribution in [0.5, 0.6) is 0 Å². The molecular weight excluding hydrogens is 274 g/mol. The summed E-state index contributed by atoms with van der Waals surface area (Å²) in [6, 6.07) is 4.79. The number of carbonyl (C=O) groups is 1. The van der Waals surface area contributed by atoms with E-state index in [1.54, 1.807) is 0 Å². The fourth-order valence-corrected chi connectivity index (χ4v) is 3.80. The standard InChI is InChI=1S/C18H27N3O/c1-18(2)12-14(17(22)21-18)9-11-19-15-6-5-13-4-3-10-20-16(13)8-7-15/h3-4,10,14-15,19H,5-9,11-12H2,1-2H3,(H,21,22). The summed E-state index contributed by atoms with van der Waals surface area (Å²) in [5.74, 6) is 0.399. The van der Waals surface area contributed by atoms with Crippen LogP contribution in [0, 0.1) is 5.92 Å². The predicted octanol–water partition coefficient (Wildman–Crippen LogP) is 2.22. The largest absolute Gasteiger partial charge is 0.351 e. The van der Waals surface area contributed by atoms with Crippen molar-refractivity contribution in [2.75, 3.05) is 6.54 Å². The average Bonchev–Trinajstić information content (AvgIpc) is 2.64. The third kappa shape index (κ3) is 3.67. The highest BCUT2D eigenvalue weighted by Crippen LogP contribution is 2.26. The number of aryl methyl sites for hydroxylation is 2. The van der Waals surface area contributed by atoms with Crippen molar-refractivity contribution in [3.63, 3.8) is 0 Å². The average molecular weight is 301 g/mol. The van der Waals surface area contributed by atoms with Crippen LogP contribution < -0.4 is 10.6 Å². The van der Waals surface area contributed by atoms with Gasteiger partial charge in [0.1, 0.15) is 0 Å². The molecule has 0 spiro atoms. The van der Waals surface area contributed by atoms with Crippen molar-refractivity contribution in [3.8, 4) is 0 Å². The summed E-state index contributed by atoms with van der Waals surface area (Å²) in [4.78, 5) is 16.4. The van der Waals surface area contributed by atoms with E-state index in [1.165, 1.54) is 17.7 Å². The Balaban J connectivity index is 1.45. The van der Waals surface area contributed by atoms with Gasteiger partial charge in [-0.15, -0.1) is 0 Å². The van der Waals surface area contributed by atoms with Gasteiger partial charge in [0.25, 0.3) is 0 Å². The second-order valence-corrected chi connectivity index (χ2v) is 7.40. The Morgan fingerprint density at radius 3 is 2.95 bits per heavy atom. The Morgan fingerprint density at radius 1 is 1.36 bits per heavy atom. The van der Waals surface area contributed by atoms with Gasteiger partial charge < -0.3 is 10.6 Å². The van der Waals surface area contributed by atoms with Crippen LogP contribution in [-0.2, 0) is 17.6 Å². The normalized spacial score (nSPS) is 27.1. The van der Waals surface area contributed by atoms with E-state index in [1.807, 2.05) is 12.3 Å². The number of nitrogens with zero attached hydrogens (tertiary/aromatic N) is 1. The minimum atomic E-state index is -0.0304. The third-order valence-corrected chi connectivity index (χ3v) is 4.99. The van der Waals surface area contributed by atoms with Crippen molar-refractivity contribution in [2.45, 2.75) is 64.0 Å². The molecule has 0 radical (unpaired) electrons. The maximum absolute atomic E-state index is 11.9. The van der Waals surface area contributed by atoms with E-state index < -0.39 is 0 Å². The highest BCUT2D eigenvalue weighted by molar-refractivity contribution is 5.81. The molecule has 1 saturated heterocycles. The molecule has 1 aliphatic heterocycles. The van der Waals surface area contributed by atoms with Crippen molar-refractivity contribution in [1.82, 2.24) is 15.6 Å². The molecule has 1 aromatic rings. The zero-order valence-electron chi connectivity index (χ0n) is 13.7. The molecule has 2 atom stereocenters. The zero-order chi connectivity index (χ0) is 15.6. The molecule has 1 amide bonds. The van der Waals surface area contributed by atoms with Crippen molar-refractivity contribution in [3.05, 3.63) is 29.6 Å². The first-order valence-electron chi connectivity index (χ1n) is 8.52. The maximum atomic E-state index is 11.9. The Morgan fingerprint density at radius 2 is 2.18 bits per heavy atom. The van der Waals surface area contributed by atoms with Crippen LogP contribution >= 0.6 is 0 Å². The molecule has 0 saturated carbocycles. The van der Waals surface area contributed by atoms with E-state index in [0.717, 1.165) is 38.6 Å². The van der Waals surface area contributed by atoms with Crippen molar-refractivity contribution in [2.24, 2.45) is 5.92 Å². The Kier molecular flexibility index (Phi) is 4.48.